The van der Waals surface area contributed by atoms with E-state index in [0.29, 0.717) is 18.9 Å². The van der Waals surface area contributed by atoms with Crippen molar-refractivity contribution in [2.45, 2.75) is 20.1 Å². The van der Waals surface area contributed by atoms with Crippen LogP contribution in [0.3, 0.4) is 0 Å². The van der Waals surface area contributed by atoms with E-state index in [9.17, 15) is 14.4 Å². The smallest absolute Gasteiger partial charge is 0.432 e. The number of amides is 2. The van der Waals surface area contributed by atoms with E-state index >= 15 is 0 Å². The van der Waals surface area contributed by atoms with E-state index in [0.717, 1.165) is 27.8 Å². The molecule has 8 heteroatoms. The summed E-state index contributed by atoms with van der Waals surface area (Å²) in [4.78, 5) is 37.5. The molecule has 0 spiro atoms. The summed E-state index contributed by atoms with van der Waals surface area (Å²) in [6.07, 6.45) is -0.587. The Bertz CT molecular complexity index is 1140. The first-order valence-electron chi connectivity index (χ1n) is 10.1. The summed E-state index contributed by atoms with van der Waals surface area (Å²) in [6.45, 7) is 2.60. The number of imide groups is 1. The van der Waals surface area contributed by atoms with Gasteiger partial charge >= 0.3 is 12.1 Å². The predicted molar refractivity (Wildman–Crippen MR) is 121 cm³/mol. The molecule has 0 aliphatic carbocycles. The van der Waals surface area contributed by atoms with Crippen LogP contribution in [-0.2, 0) is 22.8 Å². The number of carboxylic acids is 1. The molecule has 0 bridgehead atoms. The van der Waals surface area contributed by atoms with Crippen LogP contribution in [0.5, 0.6) is 5.75 Å². The Morgan fingerprint density at radius 3 is 2.45 bits per heavy atom. The number of carbonyl (C=O) groups is 3. The number of nitrogens with one attached hydrogen (secondary N) is 1. The maximum atomic E-state index is 11.2. The van der Waals surface area contributed by atoms with Crippen LogP contribution >= 0.6 is 0 Å². The Morgan fingerprint density at radius 1 is 1.03 bits per heavy atom. The highest BCUT2D eigenvalue weighted by Gasteiger charge is 2.09. The van der Waals surface area contributed by atoms with Crippen molar-refractivity contribution in [3.8, 4) is 16.9 Å². The zero-order valence-corrected chi connectivity index (χ0v) is 18.3. The van der Waals surface area contributed by atoms with Crippen molar-refractivity contribution < 1.29 is 29.1 Å². The van der Waals surface area contributed by atoms with Gasteiger partial charge < -0.3 is 14.7 Å². The second kappa shape index (κ2) is 10.9. The van der Waals surface area contributed by atoms with Crippen molar-refractivity contribution in [1.29, 1.82) is 0 Å². The molecular weight excluding hydrogens is 424 g/mol. The molecule has 0 atom stereocenters. The summed E-state index contributed by atoms with van der Waals surface area (Å²) in [5, 5.41) is 12.4. The largest absolute Gasteiger partial charge is 0.489 e. The molecule has 2 amide bonds. The zero-order chi connectivity index (χ0) is 23.8. The number of carboxylic acid groups (broad SMARTS) is 1. The molecule has 0 saturated carbocycles. The Morgan fingerprint density at radius 2 is 1.79 bits per heavy atom. The molecule has 0 unspecified atom stereocenters. The first-order chi connectivity index (χ1) is 15.9. The van der Waals surface area contributed by atoms with E-state index in [1.165, 1.54) is 5.06 Å². The zero-order valence-electron chi connectivity index (χ0n) is 18.3. The van der Waals surface area contributed by atoms with Gasteiger partial charge in [-0.1, -0.05) is 36.4 Å². The maximum Gasteiger partial charge on any atom is 0.432 e. The fourth-order valence-corrected chi connectivity index (χ4v) is 3.31. The number of hydrogen-bond donors (Lipinski definition) is 2. The molecule has 2 N–H and O–H groups in total. The van der Waals surface area contributed by atoms with Gasteiger partial charge in [-0.05, 0) is 65.1 Å². The van der Waals surface area contributed by atoms with Crippen molar-refractivity contribution in [2.24, 2.45) is 0 Å². The van der Waals surface area contributed by atoms with E-state index in [4.69, 9.17) is 14.7 Å². The molecule has 0 aromatic heterocycles. The lowest BCUT2D eigenvalue weighted by Crippen LogP contribution is -2.30. The molecule has 3 aromatic carbocycles. The summed E-state index contributed by atoms with van der Waals surface area (Å²) >= 11 is 0. The molecule has 0 saturated heterocycles. The average Bonchev–Trinajstić information content (AvgIpc) is 2.78. The summed E-state index contributed by atoms with van der Waals surface area (Å²) in [5.41, 5.74) is 4.99. The van der Waals surface area contributed by atoms with E-state index in [-0.39, 0.29) is 12.0 Å². The van der Waals surface area contributed by atoms with Gasteiger partial charge in [0, 0.05) is 7.05 Å². The van der Waals surface area contributed by atoms with E-state index in [1.54, 1.807) is 19.2 Å². The minimum absolute atomic E-state index is 0.258. The second-order valence-electron chi connectivity index (χ2n) is 7.39. The molecule has 0 heterocycles. The lowest BCUT2D eigenvalue weighted by Gasteiger charge is -2.15. The van der Waals surface area contributed by atoms with Gasteiger partial charge in [-0.15, -0.1) is 5.06 Å². The third-order valence-electron chi connectivity index (χ3n) is 4.86. The molecular formula is C25H24N2O6. The fraction of sp³-hybridized carbons (Fsp3) is 0.160. The van der Waals surface area contributed by atoms with Gasteiger partial charge in [0.1, 0.15) is 12.4 Å². The number of hydroxylamine groups is 2. The first kappa shape index (κ1) is 23.5. The van der Waals surface area contributed by atoms with Crippen molar-refractivity contribution in [3.05, 3.63) is 89.0 Å². The Kier molecular flexibility index (Phi) is 7.77. The third-order valence-corrected chi connectivity index (χ3v) is 4.86. The highest BCUT2D eigenvalue weighted by atomic mass is 16.7. The van der Waals surface area contributed by atoms with Crippen LogP contribution < -0.4 is 10.1 Å². The fourth-order valence-electron chi connectivity index (χ4n) is 3.31. The predicted octanol–water partition coefficient (Wildman–Crippen LogP) is 4.17. The van der Waals surface area contributed by atoms with Gasteiger partial charge in [0.05, 0.1) is 12.1 Å². The average molecular weight is 448 g/mol. The molecule has 0 aliphatic rings. The topological polar surface area (TPSA) is 105 Å². The quantitative estimate of drug-likeness (QED) is 0.374. The SMILES string of the molecule is Cc1cc(C(=O)O)ccc1-c1cccc(COc2ccc(CN(C)OC(=O)NC=O)cc2)c1. The van der Waals surface area contributed by atoms with Crippen molar-refractivity contribution in [2.75, 3.05) is 7.05 Å². The van der Waals surface area contributed by atoms with Gasteiger partial charge in [-0.3, -0.25) is 10.1 Å². The van der Waals surface area contributed by atoms with Gasteiger partial charge in [-0.25, -0.2) is 9.59 Å². The number of aromatic carboxylic acids is 1. The van der Waals surface area contributed by atoms with E-state index in [2.05, 4.69) is 0 Å². The van der Waals surface area contributed by atoms with Gasteiger partial charge in [0.2, 0.25) is 6.41 Å². The summed E-state index contributed by atoms with van der Waals surface area (Å²) < 4.78 is 5.89. The molecule has 33 heavy (non-hydrogen) atoms. The molecule has 3 rings (SSSR count). The van der Waals surface area contributed by atoms with E-state index in [1.807, 2.05) is 66.8 Å². The Labute approximate surface area is 191 Å². The number of nitrogens with zero attached hydrogens (tertiary/aromatic N) is 1. The highest BCUT2D eigenvalue weighted by Crippen LogP contribution is 2.26. The summed E-state index contributed by atoms with van der Waals surface area (Å²) in [5.74, 6) is -0.256. The number of hydrogen-bond acceptors (Lipinski definition) is 6. The number of benzene rings is 3. The number of aryl methyl sites for hydroxylation is 1. The van der Waals surface area contributed by atoms with E-state index < -0.39 is 12.1 Å². The minimum atomic E-state index is -0.944. The second-order valence-corrected chi connectivity index (χ2v) is 7.39. The number of carbonyl (C=O) groups excluding carboxylic acids is 2. The van der Waals surface area contributed by atoms with Crippen LogP contribution in [0.1, 0.15) is 27.0 Å². The monoisotopic (exact) mass is 448 g/mol. The summed E-state index contributed by atoms with van der Waals surface area (Å²) in [6, 6.07) is 20.4. The molecule has 8 nitrogen and oxygen atoms in total. The molecule has 3 aromatic rings. The standard InChI is InChI=1S/C25H24N2O6/c1-17-12-21(24(29)30)8-11-23(17)20-5-3-4-19(13-20)15-32-22-9-6-18(7-10-22)14-27(2)33-25(31)26-16-28/h3-13,16H,14-15H2,1-2H3,(H,29,30)(H,26,28,31). The highest BCUT2D eigenvalue weighted by molar-refractivity contribution is 5.89. The molecule has 170 valence electrons. The number of rotatable bonds is 9. The van der Waals surface area contributed by atoms with Gasteiger partial charge in [0.15, 0.2) is 0 Å². The van der Waals surface area contributed by atoms with Crippen molar-refractivity contribution in [3.63, 3.8) is 0 Å². The van der Waals surface area contributed by atoms with Crippen LogP contribution in [0.4, 0.5) is 4.79 Å². The Balaban J connectivity index is 1.60. The van der Waals surface area contributed by atoms with Crippen LogP contribution in [0.15, 0.2) is 66.7 Å². The molecule has 0 aliphatic heterocycles. The lowest BCUT2D eigenvalue weighted by molar-refractivity contribution is -0.112. The lowest BCUT2D eigenvalue weighted by atomic mass is 9.97. The summed E-state index contributed by atoms with van der Waals surface area (Å²) in [7, 11) is 1.58. The third kappa shape index (κ3) is 6.65. The van der Waals surface area contributed by atoms with Crippen LogP contribution in [0.25, 0.3) is 11.1 Å². The van der Waals surface area contributed by atoms with Crippen LogP contribution in [0.2, 0.25) is 0 Å². The van der Waals surface area contributed by atoms with Crippen molar-refractivity contribution in [1.82, 2.24) is 10.4 Å². The van der Waals surface area contributed by atoms with Crippen molar-refractivity contribution >= 4 is 18.5 Å². The van der Waals surface area contributed by atoms with Gasteiger partial charge in [0.25, 0.3) is 0 Å². The Hall–Kier alpha value is -4.17. The first-order valence-corrected chi connectivity index (χ1v) is 10.1. The normalized spacial score (nSPS) is 10.5. The van der Waals surface area contributed by atoms with Gasteiger partial charge in [-0.2, -0.15) is 0 Å². The maximum absolute atomic E-state index is 11.2. The molecule has 0 fully saturated rings. The molecule has 0 radical (unpaired) electrons. The van der Waals surface area contributed by atoms with Crippen LogP contribution in [0, 0.1) is 6.92 Å². The minimum Gasteiger partial charge on any atom is -0.489 e. The van der Waals surface area contributed by atoms with Crippen LogP contribution in [-0.4, -0.2) is 35.7 Å². The number of ether oxygens (including phenoxy) is 1.